The summed E-state index contributed by atoms with van der Waals surface area (Å²) in [6.07, 6.45) is 4.28. The number of aromatic nitrogens is 1. The second-order valence-electron chi connectivity index (χ2n) is 6.54. The van der Waals surface area contributed by atoms with Crippen molar-refractivity contribution in [3.05, 3.63) is 18.3 Å². The molecule has 0 bridgehead atoms. The van der Waals surface area contributed by atoms with Crippen LogP contribution in [0.1, 0.15) is 26.7 Å². The molecule has 3 heterocycles. The number of urea groups is 1. The van der Waals surface area contributed by atoms with E-state index in [0.717, 1.165) is 38.4 Å². The Bertz CT molecular complexity index is 535. The van der Waals surface area contributed by atoms with Crippen molar-refractivity contribution in [2.45, 2.75) is 45.0 Å². The maximum absolute atomic E-state index is 11.9. The molecule has 0 aromatic carbocycles. The van der Waals surface area contributed by atoms with Crippen LogP contribution < -0.4 is 15.5 Å². The third-order valence-electron chi connectivity index (χ3n) is 4.26. The molecule has 0 saturated carbocycles. The van der Waals surface area contributed by atoms with Crippen molar-refractivity contribution in [2.24, 2.45) is 0 Å². The van der Waals surface area contributed by atoms with Crippen molar-refractivity contribution in [2.75, 3.05) is 36.5 Å². The number of anilines is 2. The van der Waals surface area contributed by atoms with Gasteiger partial charge in [0.25, 0.3) is 0 Å². The molecule has 1 aromatic rings. The van der Waals surface area contributed by atoms with E-state index in [-0.39, 0.29) is 24.3 Å². The molecule has 2 N–H and O–H groups in total. The van der Waals surface area contributed by atoms with Crippen LogP contribution in [0.15, 0.2) is 18.3 Å². The molecule has 0 unspecified atom stereocenters. The molecule has 2 aliphatic heterocycles. The molecular formula is C17H26N4O3. The van der Waals surface area contributed by atoms with Crippen LogP contribution >= 0.6 is 0 Å². The predicted octanol–water partition coefficient (Wildman–Crippen LogP) is 2.00. The summed E-state index contributed by atoms with van der Waals surface area (Å²) in [5.74, 6) is 0.905. The Morgan fingerprint density at radius 3 is 2.75 bits per heavy atom. The van der Waals surface area contributed by atoms with Gasteiger partial charge in [0.2, 0.25) is 0 Å². The summed E-state index contributed by atoms with van der Waals surface area (Å²) in [4.78, 5) is 18.6. The third-order valence-corrected chi connectivity index (χ3v) is 4.26. The molecule has 7 heteroatoms. The molecule has 1 aromatic heterocycles. The van der Waals surface area contributed by atoms with Gasteiger partial charge in [0.15, 0.2) is 0 Å². The maximum Gasteiger partial charge on any atom is 0.319 e. The first kappa shape index (κ1) is 17.0. The molecule has 0 spiro atoms. The van der Waals surface area contributed by atoms with E-state index in [4.69, 9.17) is 9.47 Å². The smallest absolute Gasteiger partial charge is 0.319 e. The highest BCUT2D eigenvalue weighted by Gasteiger charge is 2.23. The molecule has 2 amide bonds. The molecular weight excluding hydrogens is 308 g/mol. The van der Waals surface area contributed by atoms with Crippen LogP contribution in [0.5, 0.6) is 0 Å². The second kappa shape index (κ2) is 7.81. The van der Waals surface area contributed by atoms with Gasteiger partial charge < -0.3 is 25.0 Å². The first-order valence-corrected chi connectivity index (χ1v) is 8.63. The van der Waals surface area contributed by atoms with Crippen molar-refractivity contribution >= 4 is 17.5 Å². The number of morpholine rings is 1. The SMILES string of the molecule is C[C@@H]1CN(c2ccc(NC(=O)NC[C@@H]3CCCO3)cn2)C[C@H](C)O1. The lowest BCUT2D eigenvalue weighted by molar-refractivity contribution is -0.00545. The summed E-state index contributed by atoms with van der Waals surface area (Å²) in [6.45, 7) is 7.12. The van der Waals surface area contributed by atoms with E-state index in [9.17, 15) is 4.79 Å². The lowest BCUT2D eigenvalue weighted by atomic mass is 10.2. The average molecular weight is 334 g/mol. The molecule has 0 aliphatic carbocycles. The van der Waals surface area contributed by atoms with E-state index >= 15 is 0 Å². The number of carbonyl (C=O) groups is 1. The van der Waals surface area contributed by atoms with Gasteiger partial charge >= 0.3 is 6.03 Å². The van der Waals surface area contributed by atoms with E-state index in [1.807, 2.05) is 12.1 Å². The Morgan fingerprint density at radius 2 is 2.12 bits per heavy atom. The largest absolute Gasteiger partial charge is 0.376 e. The number of nitrogens with one attached hydrogen (secondary N) is 2. The Morgan fingerprint density at radius 1 is 1.33 bits per heavy atom. The highest BCUT2D eigenvalue weighted by atomic mass is 16.5. The van der Waals surface area contributed by atoms with E-state index in [1.165, 1.54) is 0 Å². The van der Waals surface area contributed by atoms with E-state index in [1.54, 1.807) is 6.20 Å². The predicted molar refractivity (Wildman–Crippen MR) is 92.5 cm³/mol. The lowest BCUT2D eigenvalue weighted by Gasteiger charge is -2.36. The molecule has 2 aliphatic rings. The van der Waals surface area contributed by atoms with Gasteiger partial charge in [0.05, 0.1) is 30.2 Å². The van der Waals surface area contributed by atoms with Gasteiger partial charge in [-0.25, -0.2) is 9.78 Å². The summed E-state index contributed by atoms with van der Waals surface area (Å²) in [7, 11) is 0. The first-order valence-electron chi connectivity index (χ1n) is 8.63. The zero-order chi connectivity index (χ0) is 16.9. The van der Waals surface area contributed by atoms with Crippen molar-refractivity contribution in [1.82, 2.24) is 10.3 Å². The van der Waals surface area contributed by atoms with Crippen LogP contribution in [0.3, 0.4) is 0 Å². The fourth-order valence-corrected chi connectivity index (χ4v) is 3.20. The number of carbonyl (C=O) groups excluding carboxylic acids is 1. The third kappa shape index (κ3) is 4.58. The summed E-state index contributed by atoms with van der Waals surface area (Å²) in [6, 6.07) is 3.58. The second-order valence-corrected chi connectivity index (χ2v) is 6.54. The Labute approximate surface area is 142 Å². The zero-order valence-corrected chi connectivity index (χ0v) is 14.3. The fraction of sp³-hybridized carbons (Fsp3) is 0.647. The number of nitrogens with zero attached hydrogens (tertiary/aromatic N) is 2. The van der Waals surface area contributed by atoms with Gasteiger partial charge in [0, 0.05) is 26.2 Å². The summed E-state index contributed by atoms with van der Waals surface area (Å²) in [5.41, 5.74) is 0.679. The first-order chi connectivity index (χ1) is 11.6. The highest BCUT2D eigenvalue weighted by Crippen LogP contribution is 2.19. The molecule has 0 radical (unpaired) electrons. The van der Waals surface area contributed by atoms with Gasteiger partial charge in [-0.1, -0.05) is 0 Å². The van der Waals surface area contributed by atoms with Crippen molar-refractivity contribution in [1.29, 1.82) is 0 Å². The van der Waals surface area contributed by atoms with Crippen LogP contribution in [-0.4, -0.2) is 55.6 Å². The topological polar surface area (TPSA) is 75.7 Å². The monoisotopic (exact) mass is 334 g/mol. The van der Waals surface area contributed by atoms with E-state index in [0.29, 0.717) is 12.2 Å². The number of hydrogen-bond donors (Lipinski definition) is 2. The fourth-order valence-electron chi connectivity index (χ4n) is 3.20. The number of ether oxygens (including phenoxy) is 2. The maximum atomic E-state index is 11.9. The minimum absolute atomic E-state index is 0.140. The van der Waals surface area contributed by atoms with Crippen LogP contribution in [0.4, 0.5) is 16.3 Å². The number of amides is 2. The molecule has 2 saturated heterocycles. The summed E-state index contributed by atoms with van der Waals surface area (Å²) >= 11 is 0. The number of rotatable bonds is 4. The van der Waals surface area contributed by atoms with E-state index in [2.05, 4.69) is 34.4 Å². The molecule has 3 atom stereocenters. The van der Waals surface area contributed by atoms with Gasteiger partial charge in [-0.15, -0.1) is 0 Å². The molecule has 24 heavy (non-hydrogen) atoms. The lowest BCUT2D eigenvalue weighted by Crippen LogP contribution is -2.45. The van der Waals surface area contributed by atoms with Crippen molar-refractivity contribution in [3.63, 3.8) is 0 Å². The highest BCUT2D eigenvalue weighted by molar-refractivity contribution is 5.89. The molecule has 2 fully saturated rings. The Kier molecular flexibility index (Phi) is 5.52. The van der Waals surface area contributed by atoms with Gasteiger partial charge in [-0.3, -0.25) is 0 Å². The zero-order valence-electron chi connectivity index (χ0n) is 14.3. The molecule has 7 nitrogen and oxygen atoms in total. The van der Waals surface area contributed by atoms with Gasteiger partial charge in [-0.05, 0) is 38.8 Å². The van der Waals surface area contributed by atoms with E-state index < -0.39 is 0 Å². The summed E-state index contributed by atoms with van der Waals surface area (Å²) < 4.78 is 11.2. The van der Waals surface area contributed by atoms with Crippen LogP contribution in [0.25, 0.3) is 0 Å². The average Bonchev–Trinajstić information content (AvgIpc) is 3.06. The molecule has 3 rings (SSSR count). The summed E-state index contributed by atoms with van der Waals surface area (Å²) in [5, 5.41) is 5.64. The van der Waals surface area contributed by atoms with Gasteiger partial charge in [-0.2, -0.15) is 0 Å². The van der Waals surface area contributed by atoms with Crippen molar-refractivity contribution in [3.8, 4) is 0 Å². The van der Waals surface area contributed by atoms with Crippen LogP contribution in [0, 0.1) is 0 Å². The Balaban J connectivity index is 1.49. The number of hydrogen-bond acceptors (Lipinski definition) is 5. The molecule has 132 valence electrons. The van der Waals surface area contributed by atoms with Crippen molar-refractivity contribution < 1.29 is 14.3 Å². The minimum Gasteiger partial charge on any atom is -0.376 e. The standard InChI is InChI=1S/C17H26N4O3/c1-12-10-21(11-13(2)24-12)16-6-5-14(8-18-16)20-17(22)19-9-15-4-3-7-23-15/h5-6,8,12-13,15H,3-4,7,9-11H2,1-2H3,(H2,19,20,22)/t12-,13+,15-/m0/s1. The Hall–Kier alpha value is -1.86. The van der Waals surface area contributed by atoms with Crippen LogP contribution in [0.2, 0.25) is 0 Å². The van der Waals surface area contributed by atoms with Crippen LogP contribution in [-0.2, 0) is 9.47 Å². The number of pyridine rings is 1. The quantitative estimate of drug-likeness (QED) is 0.881. The van der Waals surface area contributed by atoms with Gasteiger partial charge in [0.1, 0.15) is 5.82 Å². The normalized spacial score (nSPS) is 27.1. The minimum atomic E-state index is -0.228.